The Morgan fingerprint density at radius 2 is 1.11 bits per heavy atom. The van der Waals surface area contributed by atoms with Gasteiger partial charge in [-0.2, -0.15) is 0 Å². The SMILES string of the molecule is [IH+].[O]=[Sb]([O-])([O]c1ccccc1)[O]c1ccccc1. The average Bonchev–Trinajstić information content (AvgIpc) is 2.30. The molecule has 2 aromatic rings. The van der Waals surface area contributed by atoms with Crippen molar-refractivity contribution < 1.29 is 36.4 Å². The Kier molecular flexibility index (Phi) is 6.05. The van der Waals surface area contributed by atoms with Crippen LogP contribution >= 0.6 is 0 Å². The van der Waals surface area contributed by atoms with Gasteiger partial charge in [-0.15, -0.1) is 0 Å². The van der Waals surface area contributed by atoms with Crippen molar-refractivity contribution in [1.29, 1.82) is 0 Å². The zero-order valence-corrected chi connectivity index (χ0v) is 14.1. The van der Waals surface area contributed by atoms with Crippen molar-refractivity contribution in [3.05, 3.63) is 60.7 Å². The van der Waals surface area contributed by atoms with Crippen LogP contribution in [0.2, 0.25) is 0 Å². The van der Waals surface area contributed by atoms with Gasteiger partial charge in [0.25, 0.3) is 0 Å². The Morgan fingerprint density at radius 3 is 1.44 bits per heavy atom. The summed E-state index contributed by atoms with van der Waals surface area (Å²) >= 11 is -5.34. The minimum atomic E-state index is -5.34. The van der Waals surface area contributed by atoms with Gasteiger partial charge in [-0.1, -0.05) is 0 Å². The number of halogens is 1. The van der Waals surface area contributed by atoms with Crippen LogP contribution in [0.5, 0.6) is 11.5 Å². The van der Waals surface area contributed by atoms with Crippen molar-refractivity contribution in [2.24, 2.45) is 0 Å². The second-order valence-corrected chi connectivity index (χ2v) is 6.85. The van der Waals surface area contributed by atoms with E-state index >= 15 is 0 Å². The first-order valence-corrected chi connectivity index (χ1v) is 9.13. The molecule has 6 heteroatoms. The standard InChI is InChI=1S/2C6H6O.HI.2O.Sb/c2*7-6-4-2-1-3-5-6;;;;/h2*1-5,7H;1H;;;/q;;+1;;-1;+2/p-2. The van der Waals surface area contributed by atoms with Crippen molar-refractivity contribution in [1.82, 2.24) is 0 Å². The number of rotatable bonds is 4. The molecule has 2 aromatic carbocycles. The fourth-order valence-corrected chi connectivity index (χ4v) is 3.51. The summed E-state index contributed by atoms with van der Waals surface area (Å²) in [6.45, 7) is 0. The molecule has 18 heavy (non-hydrogen) atoms. The predicted octanol–water partition coefficient (Wildman–Crippen LogP) is -1.89. The van der Waals surface area contributed by atoms with E-state index in [0.29, 0.717) is 0 Å². The van der Waals surface area contributed by atoms with Gasteiger partial charge in [0, 0.05) is 0 Å². The van der Waals surface area contributed by atoms with Gasteiger partial charge in [0.05, 0.1) is 0 Å². The molecule has 0 heterocycles. The Labute approximate surface area is 128 Å². The van der Waals surface area contributed by atoms with Crippen LogP contribution in [0.25, 0.3) is 0 Å². The van der Waals surface area contributed by atoms with E-state index in [4.69, 9.17) is 6.03 Å². The number of benzene rings is 2. The topological polar surface area (TPSA) is 58.6 Å². The predicted molar refractivity (Wildman–Crippen MR) is 62.0 cm³/mol. The third-order valence-corrected chi connectivity index (χ3v) is 4.40. The van der Waals surface area contributed by atoms with E-state index in [9.17, 15) is 6.40 Å². The average molecular weight is 468 g/mol. The molecule has 0 amide bonds. The first kappa shape index (κ1) is 15.4. The third-order valence-electron chi connectivity index (χ3n) is 1.92. The summed E-state index contributed by atoms with van der Waals surface area (Å²) in [5.41, 5.74) is 0. The molecule has 0 bridgehead atoms. The van der Waals surface area contributed by atoms with E-state index in [2.05, 4.69) is 0 Å². The normalized spacial score (nSPS) is 10.3. The molecule has 0 aliphatic heterocycles. The molecule has 95 valence electrons. The molecule has 4 nitrogen and oxygen atoms in total. The zero-order valence-electron chi connectivity index (χ0n) is 9.26. The summed E-state index contributed by atoms with van der Waals surface area (Å²) in [7, 11) is 0. The van der Waals surface area contributed by atoms with Crippen molar-refractivity contribution in [3.8, 4) is 11.5 Å². The van der Waals surface area contributed by atoms with E-state index in [0.717, 1.165) is 0 Å². The summed E-state index contributed by atoms with van der Waals surface area (Å²) in [6.07, 6.45) is 0. The molecule has 0 N–H and O–H groups in total. The number of hydrogen-bond donors (Lipinski definition) is 0. The van der Waals surface area contributed by atoms with Crippen LogP contribution in [-0.2, 0) is 3.02 Å². The molecule has 0 saturated heterocycles. The van der Waals surface area contributed by atoms with Crippen LogP contribution in [0.15, 0.2) is 60.7 Å². The second kappa shape index (κ2) is 7.06. The first-order valence-electron chi connectivity index (χ1n) is 4.96. The van der Waals surface area contributed by atoms with E-state index in [-0.39, 0.29) is 35.5 Å². The fourth-order valence-electron chi connectivity index (χ4n) is 1.24. The molecule has 0 fully saturated rings. The Bertz CT molecular complexity index is 473. The number of para-hydroxylation sites is 2. The van der Waals surface area contributed by atoms with Crippen molar-refractivity contribution in [2.45, 2.75) is 0 Å². The Balaban J connectivity index is 0.00000162. The molecule has 0 atom stereocenters. The molecule has 0 saturated carbocycles. The maximum absolute atomic E-state index is 11.6. The fraction of sp³-hybridized carbons (Fsp3) is 0. The molecule has 0 aliphatic carbocycles. The van der Waals surface area contributed by atoms with Gasteiger partial charge in [-0.3, -0.25) is 0 Å². The zero-order chi connectivity index (χ0) is 12.1. The van der Waals surface area contributed by atoms with Crippen LogP contribution in [-0.4, -0.2) is 20.1 Å². The Morgan fingerprint density at radius 1 is 0.778 bits per heavy atom. The molecule has 0 aromatic heterocycles. The second-order valence-electron chi connectivity index (χ2n) is 3.26. The van der Waals surface area contributed by atoms with E-state index in [1.165, 1.54) is 0 Å². The summed E-state index contributed by atoms with van der Waals surface area (Å²) in [5.74, 6) is 0.527. The molecule has 0 unspecified atom stereocenters. The van der Waals surface area contributed by atoms with Gasteiger partial charge in [0.2, 0.25) is 0 Å². The summed E-state index contributed by atoms with van der Waals surface area (Å²) < 4.78 is 33.0. The maximum atomic E-state index is 11.6. The van der Waals surface area contributed by atoms with Crippen LogP contribution in [0.4, 0.5) is 0 Å². The van der Waals surface area contributed by atoms with Crippen LogP contribution < -0.4 is 33.4 Å². The third kappa shape index (κ3) is 4.92. The van der Waals surface area contributed by atoms with Crippen LogP contribution in [0.1, 0.15) is 0 Å². The van der Waals surface area contributed by atoms with Gasteiger partial charge >= 0.3 is 129 Å². The molecular formula is C12H11IO4Sb. The van der Waals surface area contributed by atoms with Gasteiger partial charge in [0.15, 0.2) is 0 Å². The van der Waals surface area contributed by atoms with Gasteiger partial charge in [0.1, 0.15) is 0 Å². The van der Waals surface area contributed by atoms with Gasteiger partial charge in [-0.05, 0) is 0 Å². The van der Waals surface area contributed by atoms with E-state index in [1.807, 2.05) is 0 Å². The molecule has 2 rings (SSSR count). The quantitative estimate of drug-likeness (QED) is 0.390. The van der Waals surface area contributed by atoms with Gasteiger partial charge < -0.3 is 0 Å². The van der Waals surface area contributed by atoms with E-state index in [1.54, 1.807) is 60.7 Å². The molecule has 0 aliphatic rings. The summed E-state index contributed by atoms with van der Waals surface area (Å²) in [5, 5.41) is 0. The summed E-state index contributed by atoms with van der Waals surface area (Å²) in [4.78, 5) is 0. The summed E-state index contributed by atoms with van der Waals surface area (Å²) in [6, 6.07) is 16.6. The van der Waals surface area contributed by atoms with Gasteiger partial charge in [-0.25, -0.2) is 0 Å². The Hall–Kier alpha value is -0.652. The number of hydrogen-bond acceptors (Lipinski definition) is 4. The van der Waals surface area contributed by atoms with Crippen LogP contribution in [0, 0.1) is 0 Å². The molecular weight excluding hydrogens is 457 g/mol. The van der Waals surface area contributed by atoms with Crippen molar-refractivity contribution >= 4 is 20.1 Å². The van der Waals surface area contributed by atoms with Crippen molar-refractivity contribution in [3.63, 3.8) is 0 Å². The monoisotopic (exact) mass is 467 g/mol. The first-order chi connectivity index (χ1) is 8.16. The molecule has 0 spiro atoms. The van der Waals surface area contributed by atoms with E-state index < -0.39 is 20.1 Å². The van der Waals surface area contributed by atoms with Crippen LogP contribution in [0.3, 0.4) is 0 Å². The molecule has 1 radical (unpaired) electrons. The van der Waals surface area contributed by atoms with Crippen molar-refractivity contribution in [2.75, 3.05) is 0 Å². The minimum absolute atomic E-state index is 0.